The van der Waals surface area contributed by atoms with Crippen LogP contribution >= 0.6 is 11.6 Å². The lowest BCUT2D eigenvalue weighted by Crippen LogP contribution is -2.06. The number of hydrogen-bond donors (Lipinski definition) is 1. The van der Waals surface area contributed by atoms with Crippen LogP contribution < -0.4 is 0 Å². The second-order valence-corrected chi connectivity index (χ2v) is 3.44. The minimum atomic E-state index is -0.327. The summed E-state index contributed by atoms with van der Waals surface area (Å²) in [5.41, 5.74) is 0.859. The van der Waals surface area contributed by atoms with Crippen molar-refractivity contribution in [2.24, 2.45) is 0 Å². The second kappa shape index (κ2) is 6.93. The van der Waals surface area contributed by atoms with Crippen LogP contribution in [0.3, 0.4) is 0 Å². The van der Waals surface area contributed by atoms with Gasteiger partial charge < -0.3 is 5.11 Å². The van der Waals surface area contributed by atoms with Crippen molar-refractivity contribution in [3.63, 3.8) is 0 Å². The number of halogens is 1. The van der Waals surface area contributed by atoms with E-state index in [4.69, 9.17) is 11.6 Å². The van der Waals surface area contributed by atoms with Crippen molar-refractivity contribution in [2.45, 2.75) is 32.3 Å². The normalized spacial score (nSPS) is 13.9. The molecule has 0 aromatic carbocycles. The maximum absolute atomic E-state index is 9.52. The molecule has 13 heavy (non-hydrogen) atoms. The molecule has 74 valence electrons. The Balaban J connectivity index is 4.18. The van der Waals surface area contributed by atoms with Gasteiger partial charge in [-0.15, -0.1) is 0 Å². The van der Waals surface area contributed by atoms with Crippen molar-refractivity contribution in [3.05, 3.63) is 35.9 Å². The Kier molecular flexibility index (Phi) is 6.65. The number of aliphatic hydroxyl groups is 1. The topological polar surface area (TPSA) is 20.2 Å². The van der Waals surface area contributed by atoms with Crippen molar-refractivity contribution < 1.29 is 5.11 Å². The van der Waals surface area contributed by atoms with Crippen LogP contribution in [-0.4, -0.2) is 11.2 Å². The summed E-state index contributed by atoms with van der Waals surface area (Å²) in [7, 11) is 0. The van der Waals surface area contributed by atoms with Crippen LogP contribution in [0.5, 0.6) is 0 Å². The first-order valence-electron chi connectivity index (χ1n) is 4.46. The largest absolute Gasteiger partial charge is 0.393 e. The minimum Gasteiger partial charge on any atom is -0.393 e. The van der Waals surface area contributed by atoms with Gasteiger partial charge in [-0.2, -0.15) is 0 Å². The molecule has 1 atom stereocenters. The van der Waals surface area contributed by atoms with Crippen molar-refractivity contribution in [2.75, 3.05) is 0 Å². The summed E-state index contributed by atoms with van der Waals surface area (Å²) >= 11 is 5.75. The molecule has 0 radical (unpaired) electrons. The van der Waals surface area contributed by atoms with Gasteiger partial charge in [0, 0.05) is 5.03 Å². The van der Waals surface area contributed by atoms with Crippen molar-refractivity contribution in [3.8, 4) is 0 Å². The fourth-order valence-corrected chi connectivity index (χ4v) is 1.24. The van der Waals surface area contributed by atoms with E-state index in [0.717, 1.165) is 18.4 Å². The van der Waals surface area contributed by atoms with Gasteiger partial charge in [0.15, 0.2) is 0 Å². The number of hydrogen-bond acceptors (Lipinski definition) is 1. The van der Waals surface area contributed by atoms with Crippen molar-refractivity contribution in [1.82, 2.24) is 0 Å². The first-order chi connectivity index (χ1) is 6.11. The average molecular weight is 201 g/mol. The molecule has 2 heteroatoms. The molecule has 1 unspecified atom stereocenters. The molecule has 0 aliphatic carbocycles. The summed E-state index contributed by atoms with van der Waals surface area (Å²) in [5.74, 6) is 0. The molecule has 0 aliphatic heterocycles. The Morgan fingerprint density at radius 1 is 1.62 bits per heavy atom. The molecule has 1 N–H and O–H groups in total. The highest BCUT2D eigenvalue weighted by molar-refractivity contribution is 6.31. The van der Waals surface area contributed by atoms with Gasteiger partial charge in [-0.3, -0.25) is 0 Å². The standard InChI is InChI=1S/C11H17ClO/c1-4-6-10(9(3)12)8-11(13)7-5-2/h4,6,11,13H,1,3,5,7-8H2,2H3/b10-6-. The molecule has 0 spiro atoms. The van der Waals surface area contributed by atoms with Gasteiger partial charge in [0.2, 0.25) is 0 Å². The number of allylic oxidation sites excluding steroid dienone is 3. The predicted octanol–water partition coefficient (Wildman–Crippen LogP) is 3.40. The zero-order chi connectivity index (χ0) is 10.3. The fourth-order valence-electron chi connectivity index (χ4n) is 1.10. The number of aliphatic hydroxyl groups excluding tert-OH is 1. The smallest absolute Gasteiger partial charge is 0.0581 e. The fraction of sp³-hybridized carbons (Fsp3) is 0.455. The third-order valence-corrected chi connectivity index (χ3v) is 1.99. The molecule has 0 aromatic rings. The van der Waals surface area contributed by atoms with Gasteiger partial charge in [0.05, 0.1) is 6.10 Å². The lowest BCUT2D eigenvalue weighted by Gasteiger charge is -2.10. The SMILES string of the molecule is C=C/C=C(/CC(O)CCC)C(=C)Cl. The lowest BCUT2D eigenvalue weighted by atomic mass is 10.0. The molecular weight excluding hydrogens is 184 g/mol. The molecule has 0 fully saturated rings. The molecule has 1 nitrogen and oxygen atoms in total. The first-order valence-corrected chi connectivity index (χ1v) is 4.84. The van der Waals surface area contributed by atoms with Gasteiger partial charge in [0.25, 0.3) is 0 Å². The van der Waals surface area contributed by atoms with Crippen molar-refractivity contribution >= 4 is 11.6 Å². The minimum absolute atomic E-state index is 0.327. The van der Waals surface area contributed by atoms with E-state index in [1.54, 1.807) is 12.2 Å². The number of rotatable bonds is 6. The summed E-state index contributed by atoms with van der Waals surface area (Å²) in [4.78, 5) is 0. The van der Waals surface area contributed by atoms with E-state index in [-0.39, 0.29) is 6.10 Å². The highest BCUT2D eigenvalue weighted by atomic mass is 35.5. The Bertz CT molecular complexity index is 206. The Labute approximate surface area is 85.4 Å². The van der Waals surface area contributed by atoms with Crippen LogP contribution in [0, 0.1) is 0 Å². The van der Waals surface area contributed by atoms with Gasteiger partial charge in [0.1, 0.15) is 0 Å². The van der Waals surface area contributed by atoms with Gasteiger partial charge >= 0.3 is 0 Å². The molecule has 0 bridgehead atoms. The van der Waals surface area contributed by atoms with Gasteiger partial charge in [-0.25, -0.2) is 0 Å². The monoisotopic (exact) mass is 200 g/mol. The highest BCUT2D eigenvalue weighted by Crippen LogP contribution is 2.19. The van der Waals surface area contributed by atoms with Crippen LogP contribution in [0.2, 0.25) is 0 Å². The van der Waals surface area contributed by atoms with Crippen LogP contribution in [0.15, 0.2) is 35.9 Å². The molecule has 0 aromatic heterocycles. The van der Waals surface area contributed by atoms with Gasteiger partial charge in [-0.1, -0.05) is 50.3 Å². The van der Waals surface area contributed by atoms with E-state index >= 15 is 0 Å². The Hall–Kier alpha value is -0.530. The maximum atomic E-state index is 9.52. The summed E-state index contributed by atoms with van der Waals surface area (Å²) in [6.07, 6.45) is 5.43. The first kappa shape index (κ1) is 12.5. The van der Waals surface area contributed by atoms with E-state index < -0.39 is 0 Å². The predicted molar refractivity (Wildman–Crippen MR) is 58.8 cm³/mol. The van der Waals surface area contributed by atoms with Gasteiger partial charge in [-0.05, 0) is 18.4 Å². The Morgan fingerprint density at radius 2 is 2.23 bits per heavy atom. The lowest BCUT2D eigenvalue weighted by molar-refractivity contribution is 0.164. The molecular formula is C11H17ClO. The molecule has 0 saturated heterocycles. The molecule has 0 aliphatic rings. The summed E-state index contributed by atoms with van der Waals surface area (Å²) in [5, 5.41) is 10.0. The van der Waals surface area contributed by atoms with E-state index in [0.29, 0.717) is 11.5 Å². The summed E-state index contributed by atoms with van der Waals surface area (Å²) in [6.45, 7) is 9.24. The molecule has 0 rings (SSSR count). The van der Waals surface area contributed by atoms with E-state index in [9.17, 15) is 5.11 Å². The molecule has 0 heterocycles. The maximum Gasteiger partial charge on any atom is 0.0581 e. The summed E-state index contributed by atoms with van der Waals surface area (Å²) < 4.78 is 0. The van der Waals surface area contributed by atoms with Crippen LogP contribution in [0.1, 0.15) is 26.2 Å². The van der Waals surface area contributed by atoms with Crippen LogP contribution in [-0.2, 0) is 0 Å². The van der Waals surface area contributed by atoms with Crippen molar-refractivity contribution in [1.29, 1.82) is 0 Å². The highest BCUT2D eigenvalue weighted by Gasteiger charge is 2.07. The third-order valence-electron chi connectivity index (χ3n) is 1.74. The van der Waals surface area contributed by atoms with E-state index in [1.165, 1.54) is 0 Å². The van der Waals surface area contributed by atoms with Crippen LogP contribution in [0.4, 0.5) is 0 Å². The van der Waals surface area contributed by atoms with Crippen LogP contribution in [0.25, 0.3) is 0 Å². The second-order valence-electron chi connectivity index (χ2n) is 2.98. The average Bonchev–Trinajstić information content (AvgIpc) is 2.04. The third kappa shape index (κ3) is 5.67. The summed E-state index contributed by atoms with van der Waals surface area (Å²) in [6, 6.07) is 0. The zero-order valence-electron chi connectivity index (χ0n) is 8.09. The Morgan fingerprint density at radius 3 is 2.62 bits per heavy atom. The van der Waals surface area contributed by atoms with E-state index in [1.807, 2.05) is 6.92 Å². The quantitative estimate of drug-likeness (QED) is 0.652. The molecule has 0 saturated carbocycles. The molecule has 0 amide bonds. The van der Waals surface area contributed by atoms with E-state index in [2.05, 4.69) is 13.2 Å². The zero-order valence-corrected chi connectivity index (χ0v) is 8.85.